The van der Waals surface area contributed by atoms with E-state index in [0.29, 0.717) is 12.1 Å². The van der Waals surface area contributed by atoms with E-state index in [1.165, 1.54) is 7.11 Å². The lowest BCUT2D eigenvalue weighted by Crippen LogP contribution is -2.44. The van der Waals surface area contributed by atoms with Crippen LogP contribution in [0.15, 0.2) is 24.3 Å². The molecule has 1 unspecified atom stereocenters. The Hall–Kier alpha value is -1.06. The van der Waals surface area contributed by atoms with Crippen molar-refractivity contribution >= 4 is 17.5 Å². The SMILES string of the molecule is COC1(Cl)CNC(=O)c2ccccc21. The number of nitrogens with one attached hydrogen (secondary N) is 1. The lowest BCUT2D eigenvalue weighted by atomic mass is 9.97. The molecule has 0 fully saturated rings. The Morgan fingerprint density at radius 2 is 2.21 bits per heavy atom. The molecule has 4 heteroatoms. The smallest absolute Gasteiger partial charge is 0.251 e. The van der Waals surface area contributed by atoms with E-state index in [2.05, 4.69) is 5.32 Å². The molecule has 0 radical (unpaired) electrons. The van der Waals surface area contributed by atoms with Crippen molar-refractivity contribution in [3.8, 4) is 0 Å². The van der Waals surface area contributed by atoms with Gasteiger partial charge in [-0.05, 0) is 6.07 Å². The van der Waals surface area contributed by atoms with E-state index in [0.717, 1.165) is 5.56 Å². The number of amides is 1. The highest BCUT2D eigenvalue weighted by atomic mass is 35.5. The van der Waals surface area contributed by atoms with Gasteiger partial charge in [-0.1, -0.05) is 29.8 Å². The molecule has 1 aromatic rings. The Kier molecular flexibility index (Phi) is 2.21. The van der Waals surface area contributed by atoms with Gasteiger partial charge in [-0.3, -0.25) is 4.79 Å². The van der Waals surface area contributed by atoms with Crippen LogP contribution in [0.5, 0.6) is 0 Å². The second-order valence-corrected chi connectivity index (χ2v) is 3.77. The van der Waals surface area contributed by atoms with Crippen LogP contribution in [-0.2, 0) is 9.80 Å². The van der Waals surface area contributed by atoms with Crippen LogP contribution in [0.25, 0.3) is 0 Å². The molecule has 0 spiro atoms. The third kappa shape index (κ3) is 1.29. The van der Waals surface area contributed by atoms with E-state index in [9.17, 15) is 4.79 Å². The minimum Gasteiger partial charge on any atom is -0.357 e. The van der Waals surface area contributed by atoms with Crippen LogP contribution >= 0.6 is 11.6 Å². The van der Waals surface area contributed by atoms with Gasteiger partial charge in [0.05, 0.1) is 6.54 Å². The number of benzene rings is 1. The topological polar surface area (TPSA) is 38.3 Å². The maximum absolute atomic E-state index is 11.5. The van der Waals surface area contributed by atoms with Gasteiger partial charge >= 0.3 is 0 Å². The number of fused-ring (bicyclic) bond motifs is 1. The van der Waals surface area contributed by atoms with E-state index in [1.807, 2.05) is 12.1 Å². The van der Waals surface area contributed by atoms with E-state index in [4.69, 9.17) is 16.3 Å². The summed E-state index contributed by atoms with van der Waals surface area (Å²) in [5.41, 5.74) is 1.31. The Morgan fingerprint density at radius 1 is 1.50 bits per heavy atom. The van der Waals surface area contributed by atoms with Crippen LogP contribution in [0.3, 0.4) is 0 Å². The van der Waals surface area contributed by atoms with Gasteiger partial charge in [0, 0.05) is 18.2 Å². The number of rotatable bonds is 1. The molecule has 1 heterocycles. The number of carbonyl (C=O) groups is 1. The van der Waals surface area contributed by atoms with Crippen LogP contribution < -0.4 is 5.32 Å². The van der Waals surface area contributed by atoms with Gasteiger partial charge in [0.15, 0.2) is 5.06 Å². The largest absolute Gasteiger partial charge is 0.357 e. The normalized spacial score (nSPS) is 25.4. The molecule has 1 aliphatic rings. The highest BCUT2D eigenvalue weighted by Gasteiger charge is 2.37. The van der Waals surface area contributed by atoms with E-state index in [-0.39, 0.29) is 5.91 Å². The average molecular weight is 212 g/mol. The summed E-state index contributed by atoms with van der Waals surface area (Å²) in [6, 6.07) is 7.19. The molecule has 1 aliphatic heterocycles. The van der Waals surface area contributed by atoms with E-state index in [1.54, 1.807) is 12.1 Å². The summed E-state index contributed by atoms with van der Waals surface area (Å²) in [4.78, 5) is 11.5. The summed E-state index contributed by atoms with van der Waals surface area (Å²) in [5.74, 6) is -0.103. The second-order valence-electron chi connectivity index (χ2n) is 3.16. The summed E-state index contributed by atoms with van der Waals surface area (Å²) >= 11 is 6.22. The highest BCUT2D eigenvalue weighted by molar-refractivity contribution is 6.24. The average Bonchev–Trinajstić information content (AvgIpc) is 2.24. The first kappa shape index (κ1) is 9.49. The summed E-state index contributed by atoms with van der Waals surface area (Å²) in [6.07, 6.45) is 0. The number of halogens is 1. The molecule has 0 saturated heterocycles. The van der Waals surface area contributed by atoms with Crippen molar-refractivity contribution < 1.29 is 9.53 Å². The zero-order valence-corrected chi connectivity index (χ0v) is 8.47. The molecule has 74 valence electrons. The van der Waals surface area contributed by atoms with Crippen molar-refractivity contribution in [1.82, 2.24) is 5.32 Å². The zero-order chi connectivity index (χ0) is 10.2. The number of hydrogen-bond acceptors (Lipinski definition) is 2. The van der Waals surface area contributed by atoms with Crippen LogP contribution in [0.2, 0.25) is 0 Å². The summed E-state index contributed by atoms with van der Waals surface area (Å²) in [7, 11) is 1.53. The molecular weight excluding hydrogens is 202 g/mol. The molecule has 0 bridgehead atoms. The molecule has 0 aromatic heterocycles. The van der Waals surface area contributed by atoms with Crippen molar-refractivity contribution in [3.05, 3.63) is 35.4 Å². The molecule has 2 rings (SSSR count). The van der Waals surface area contributed by atoms with Crippen LogP contribution in [0.4, 0.5) is 0 Å². The van der Waals surface area contributed by atoms with Crippen molar-refractivity contribution in [2.75, 3.05) is 13.7 Å². The molecule has 1 aromatic carbocycles. The number of methoxy groups -OCH3 is 1. The lowest BCUT2D eigenvalue weighted by molar-refractivity contribution is 0.0499. The van der Waals surface area contributed by atoms with Gasteiger partial charge in [-0.25, -0.2) is 0 Å². The Bertz CT molecular complexity index is 380. The fourth-order valence-electron chi connectivity index (χ4n) is 1.57. The molecule has 1 amide bonds. The van der Waals surface area contributed by atoms with Crippen molar-refractivity contribution in [2.24, 2.45) is 0 Å². The molecule has 0 saturated carbocycles. The van der Waals surface area contributed by atoms with Gasteiger partial charge in [0.25, 0.3) is 5.91 Å². The molecule has 14 heavy (non-hydrogen) atoms. The molecule has 1 atom stereocenters. The quantitative estimate of drug-likeness (QED) is 0.715. The van der Waals surface area contributed by atoms with Crippen LogP contribution in [0, 0.1) is 0 Å². The van der Waals surface area contributed by atoms with Gasteiger partial charge < -0.3 is 10.1 Å². The Morgan fingerprint density at radius 3 is 2.93 bits per heavy atom. The summed E-state index contributed by atoms with van der Waals surface area (Å²) in [5, 5.41) is 1.76. The standard InChI is InChI=1S/C10H10ClNO2/c1-14-10(11)6-12-9(13)7-4-2-3-5-8(7)10/h2-5H,6H2,1H3,(H,12,13). The van der Waals surface area contributed by atoms with Crippen molar-refractivity contribution in [3.63, 3.8) is 0 Å². The first-order chi connectivity index (χ1) is 6.67. The Balaban J connectivity index is 2.57. The minimum atomic E-state index is -0.926. The number of alkyl halides is 1. The molecular formula is C10H10ClNO2. The van der Waals surface area contributed by atoms with Crippen LogP contribution in [-0.4, -0.2) is 19.6 Å². The predicted molar refractivity (Wildman–Crippen MR) is 53.3 cm³/mol. The number of ether oxygens (including phenoxy) is 1. The van der Waals surface area contributed by atoms with Gasteiger partial charge in [-0.15, -0.1) is 0 Å². The maximum atomic E-state index is 11.5. The van der Waals surface area contributed by atoms with Crippen LogP contribution in [0.1, 0.15) is 15.9 Å². The van der Waals surface area contributed by atoms with E-state index < -0.39 is 5.06 Å². The molecule has 3 nitrogen and oxygen atoms in total. The molecule has 0 aliphatic carbocycles. The Labute approximate surface area is 87.0 Å². The highest BCUT2D eigenvalue weighted by Crippen LogP contribution is 2.34. The fourth-order valence-corrected chi connectivity index (χ4v) is 1.80. The lowest BCUT2D eigenvalue weighted by Gasteiger charge is -2.32. The predicted octanol–water partition coefficient (Wildman–Crippen LogP) is 1.47. The first-order valence-corrected chi connectivity index (χ1v) is 4.67. The summed E-state index contributed by atoms with van der Waals surface area (Å²) < 4.78 is 5.20. The summed E-state index contributed by atoms with van der Waals surface area (Å²) in [6.45, 7) is 0.293. The third-order valence-electron chi connectivity index (χ3n) is 2.37. The number of hydrogen-bond donors (Lipinski definition) is 1. The first-order valence-electron chi connectivity index (χ1n) is 4.29. The minimum absolute atomic E-state index is 0.103. The fraction of sp³-hybridized carbons (Fsp3) is 0.300. The monoisotopic (exact) mass is 211 g/mol. The van der Waals surface area contributed by atoms with Gasteiger partial charge in [0.1, 0.15) is 0 Å². The maximum Gasteiger partial charge on any atom is 0.251 e. The second kappa shape index (κ2) is 3.26. The van der Waals surface area contributed by atoms with E-state index >= 15 is 0 Å². The zero-order valence-electron chi connectivity index (χ0n) is 7.71. The van der Waals surface area contributed by atoms with Crippen molar-refractivity contribution in [2.45, 2.75) is 5.06 Å². The number of carbonyl (C=O) groups excluding carboxylic acids is 1. The van der Waals surface area contributed by atoms with Crippen molar-refractivity contribution in [1.29, 1.82) is 0 Å². The van der Waals surface area contributed by atoms with Gasteiger partial charge in [0.2, 0.25) is 0 Å². The third-order valence-corrected chi connectivity index (χ3v) is 2.87. The van der Waals surface area contributed by atoms with Gasteiger partial charge in [-0.2, -0.15) is 0 Å². The molecule has 1 N–H and O–H groups in total.